The van der Waals surface area contributed by atoms with Gasteiger partial charge in [-0.25, -0.2) is 0 Å². The second-order valence-corrected chi connectivity index (χ2v) is 11.0. The van der Waals surface area contributed by atoms with Crippen LogP contribution in [0.3, 0.4) is 0 Å². The van der Waals surface area contributed by atoms with Crippen molar-refractivity contribution >= 4 is 5.91 Å². The van der Waals surface area contributed by atoms with Crippen molar-refractivity contribution in [1.29, 1.82) is 0 Å². The zero-order valence-corrected chi connectivity index (χ0v) is 24.1. The molecule has 8 heteroatoms. The number of hydrogen-bond donors (Lipinski definition) is 2. The number of nitrogens with one attached hydrogen (secondary N) is 1. The zero-order valence-electron chi connectivity index (χ0n) is 24.1. The Kier molecular flexibility index (Phi) is 9.52. The third-order valence-corrected chi connectivity index (χ3v) is 7.98. The highest BCUT2D eigenvalue weighted by Gasteiger charge is 2.33. The van der Waals surface area contributed by atoms with E-state index in [4.69, 9.17) is 14.2 Å². The van der Waals surface area contributed by atoms with Crippen molar-refractivity contribution < 1.29 is 24.1 Å². The fraction of sp³-hybridized carbons (Fsp3) is 0.314. The summed E-state index contributed by atoms with van der Waals surface area (Å²) in [6, 6.07) is 28.0. The number of aliphatic hydroxyl groups is 1. The van der Waals surface area contributed by atoms with Crippen LogP contribution in [-0.2, 0) is 27.4 Å². The van der Waals surface area contributed by atoms with Gasteiger partial charge in [-0.2, -0.15) is 0 Å². The number of carbonyl (C=O) groups excluding carboxylic acids is 1. The molecule has 3 atom stereocenters. The smallest absolute Gasteiger partial charge is 0.253 e. The first-order valence-corrected chi connectivity index (χ1v) is 14.8. The van der Waals surface area contributed by atoms with Gasteiger partial charge in [-0.1, -0.05) is 60.7 Å². The summed E-state index contributed by atoms with van der Waals surface area (Å²) in [5, 5.41) is 12.5. The van der Waals surface area contributed by atoms with Gasteiger partial charge in [0.25, 0.3) is 5.91 Å². The summed E-state index contributed by atoms with van der Waals surface area (Å²) in [7, 11) is 0. The van der Waals surface area contributed by atoms with Crippen molar-refractivity contribution in [3.05, 3.63) is 125 Å². The number of aliphatic hydroxyl groups excluding tert-OH is 1. The van der Waals surface area contributed by atoms with Crippen LogP contribution in [0.5, 0.6) is 0 Å². The van der Waals surface area contributed by atoms with E-state index in [0.29, 0.717) is 12.1 Å². The van der Waals surface area contributed by atoms with E-state index in [0.717, 1.165) is 72.6 Å². The lowest BCUT2D eigenvalue weighted by Gasteiger charge is -2.39. The van der Waals surface area contributed by atoms with Crippen LogP contribution in [0.2, 0.25) is 0 Å². The maximum atomic E-state index is 12.5. The molecule has 1 amide bonds. The van der Waals surface area contributed by atoms with Crippen molar-refractivity contribution in [2.45, 2.75) is 38.1 Å². The van der Waals surface area contributed by atoms with E-state index >= 15 is 0 Å². The van der Waals surface area contributed by atoms with E-state index in [1.165, 1.54) is 0 Å². The minimum Gasteiger partial charge on any atom is -0.392 e. The quantitative estimate of drug-likeness (QED) is 0.287. The molecule has 1 aromatic heterocycles. The van der Waals surface area contributed by atoms with Gasteiger partial charge in [0.05, 0.1) is 37.6 Å². The standard InChI is InChI=1S/C35H37N3O5/c39-24-25-9-11-27(12-10-25)33-20-32(23-38-14-16-41-17-15-38)42-35(43-33)30-7-2-6-29(19-30)28-5-1-4-26(18-28)21-37-34(40)31-8-3-13-36-22-31/h1-13,18-19,22,32-33,35,39H,14-17,20-21,23-24H2,(H,37,40)/t32-,33+,35+/m1/s1. The molecule has 3 heterocycles. The number of nitrogens with zero attached hydrogens (tertiary/aromatic N) is 2. The molecule has 222 valence electrons. The van der Waals surface area contributed by atoms with Gasteiger partial charge in [0.15, 0.2) is 6.29 Å². The van der Waals surface area contributed by atoms with E-state index in [1.807, 2.05) is 42.5 Å². The number of carbonyl (C=O) groups is 1. The Morgan fingerprint density at radius 3 is 2.44 bits per heavy atom. The number of morpholine rings is 1. The SMILES string of the molecule is O=C(NCc1cccc(-c2cccc([C@H]3O[C@@H](CN4CCOCC4)C[C@@H](c4ccc(CO)cc4)O3)c2)c1)c1cccnc1. The zero-order chi connectivity index (χ0) is 29.4. The molecule has 6 rings (SSSR count). The number of aromatic nitrogens is 1. The molecule has 2 saturated heterocycles. The maximum absolute atomic E-state index is 12.5. The van der Waals surface area contributed by atoms with E-state index in [-0.39, 0.29) is 24.7 Å². The number of ether oxygens (including phenoxy) is 3. The lowest BCUT2D eigenvalue weighted by molar-refractivity contribution is -0.253. The minimum atomic E-state index is -0.524. The molecule has 2 fully saturated rings. The van der Waals surface area contributed by atoms with Crippen LogP contribution in [0.15, 0.2) is 97.3 Å². The fourth-order valence-corrected chi connectivity index (χ4v) is 5.61. The van der Waals surface area contributed by atoms with E-state index in [2.05, 4.69) is 45.5 Å². The van der Waals surface area contributed by atoms with Crippen molar-refractivity contribution in [3.63, 3.8) is 0 Å². The van der Waals surface area contributed by atoms with Crippen LogP contribution in [-0.4, -0.2) is 59.8 Å². The summed E-state index contributed by atoms with van der Waals surface area (Å²) in [5.74, 6) is -0.153. The molecule has 0 unspecified atom stereocenters. The number of pyridine rings is 1. The second kappa shape index (κ2) is 14.0. The normalized spacial score (nSPS) is 20.9. The first-order chi connectivity index (χ1) is 21.1. The topological polar surface area (TPSA) is 93.2 Å². The van der Waals surface area contributed by atoms with Crippen LogP contribution in [0.25, 0.3) is 11.1 Å². The van der Waals surface area contributed by atoms with Gasteiger partial charge in [0.1, 0.15) is 0 Å². The van der Waals surface area contributed by atoms with Crippen LogP contribution >= 0.6 is 0 Å². The van der Waals surface area contributed by atoms with Crippen LogP contribution in [0, 0.1) is 0 Å². The predicted molar refractivity (Wildman–Crippen MR) is 163 cm³/mol. The Balaban J connectivity index is 1.19. The number of amides is 1. The Morgan fingerprint density at radius 2 is 1.67 bits per heavy atom. The summed E-state index contributed by atoms with van der Waals surface area (Å²) in [6.07, 6.45) is 3.30. The molecule has 0 saturated carbocycles. The molecule has 0 aliphatic carbocycles. The highest BCUT2D eigenvalue weighted by atomic mass is 16.7. The average Bonchev–Trinajstić information content (AvgIpc) is 3.08. The van der Waals surface area contributed by atoms with Crippen molar-refractivity contribution in [2.24, 2.45) is 0 Å². The molecule has 2 aliphatic rings. The first kappa shape index (κ1) is 29.2. The maximum Gasteiger partial charge on any atom is 0.253 e. The Morgan fingerprint density at radius 1 is 0.884 bits per heavy atom. The molecule has 43 heavy (non-hydrogen) atoms. The molecule has 0 radical (unpaired) electrons. The molecule has 8 nitrogen and oxygen atoms in total. The van der Waals surface area contributed by atoms with Gasteiger partial charge in [0, 0.05) is 50.6 Å². The lowest BCUT2D eigenvalue weighted by Crippen LogP contribution is -2.44. The third kappa shape index (κ3) is 7.54. The average molecular weight is 580 g/mol. The van der Waals surface area contributed by atoms with Gasteiger partial charge < -0.3 is 24.6 Å². The van der Waals surface area contributed by atoms with E-state index < -0.39 is 6.29 Å². The van der Waals surface area contributed by atoms with Crippen LogP contribution in [0.1, 0.15) is 51.4 Å². The van der Waals surface area contributed by atoms with Crippen LogP contribution in [0.4, 0.5) is 0 Å². The second-order valence-electron chi connectivity index (χ2n) is 11.0. The Hall–Kier alpha value is -3.92. The van der Waals surface area contributed by atoms with Gasteiger partial charge in [-0.15, -0.1) is 0 Å². The highest BCUT2D eigenvalue weighted by Crippen LogP contribution is 2.39. The fourth-order valence-electron chi connectivity index (χ4n) is 5.61. The molecule has 2 N–H and O–H groups in total. The van der Waals surface area contributed by atoms with Gasteiger partial charge in [-0.3, -0.25) is 14.7 Å². The summed E-state index contributed by atoms with van der Waals surface area (Å²) in [6.45, 7) is 4.53. The third-order valence-electron chi connectivity index (χ3n) is 7.98. The first-order valence-electron chi connectivity index (χ1n) is 14.8. The van der Waals surface area contributed by atoms with Gasteiger partial charge in [0.2, 0.25) is 0 Å². The highest BCUT2D eigenvalue weighted by molar-refractivity contribution is 5.93. The van der Waals surface area contributed by atoms with Crippen LogP contribution < -0.4 is 5.32 Å². The number of hydrogen-bond acceptors (Lipinski definition) is 7. The van der Waals surface area contributed by atoms with Crippen molar-refractivity contribution in [1.82, 2.24) is 15.2 Å². The summed E-state index contributed by atoms with van der Waals surface area (Å²) < 4.78 is 18.7. The number of rotatable bonds is 9. The van der Waals surface area contributed by atoms with E-state index in [9.17, 15) is 9.90 Å². The molecule has 0 bridgehead atoms. The summed E-state index contributed by atoms with van der Waals surface area (Å²) in [5.41, 5.74) is 6.54. The molecular weight excluding hydrogens is 542 g/mol. The lowest BCUT2D eigenvalue weighted by atomic mass is 9.98. The molecule has 4 aromatic rings. The largest absolute Gasteiger partial charge is 0.392 e. The van der Waals surface area contributed by atoms with Crippen molar-refractivity contribution in [3.8, 4) is 11.1 Å². The molecule has 2 aliphatic heterocycles. The number of benzene rings is 3. The van der Waals surface area contributed by atoms with Gasteiger partial charge in [-0.05, 0) is 52.1 Å². The Bertz CT molecular complexity index is 1490. The van der Waals surface area contributed by atoms with E-state index in [1.54, 1.807) is 24.5 Å². The molecule has 0 spiro atoms. The molecule has 3 aromatic carbocycles. The predicted octanol–water partition coefficient (Wildman–Crippen LogP) is 5.05. The van der Waals surface area contributed by atoms with Gasteiger partial charge >= 0.3 is 0 Å². The minimum absolute atomic E-state index is 0.00483. The summed E-state index contributed by atoms with van der Waals surface area (Å²) in [4.78, 5) is 18.9. The summed E-state index contributed by atoms with van der Waals surface area (Å²) >= 11 is 0. The van der Waals surface area contributed by atoms with Crippen molar-refractivity contribution in [2.75, 3.05) is 32.8 Å². The Labute approximate surface area is 252 Å². The molecular formula is C35H37N3O5. The monoisotopic (exact) mass is 579 g/mol.